The van der Waals surface area contributed by atoms with Gasteiger partial charge in [-0.25, -0.2) is 4.79 Å². The van der Waals surface area contributed by atoms with Crippen molar-refractivity contribution in [2.45, 2.75) is 13.0 Å². The third-order valence-corrected chi connectivity index (χ3v) is 2.46. The Morgan fingerprint density at radius 2 is 2.27 bits per heavy atom. The van der Waals surface area contributed by atoms with Gasteiger partial charge >= 0.3 is 5.97 Å². The van der Waals surface area contributed by atoms with Crippen molar-refractivity contribution in [2.75, 3.05) is 11.5 Å². The molecule has 0 aliphatic rings. The molecule has 4 nitrogen and oxygen atoms in total. The van der Waals surface area contributed by atoms with Crippen molar-refractivity contribution in [3.8, 4) is 0 Å². The van der Waals surface area contributed by atoms with Crippen LogP contribution in [-0.4, -0.2) is 34.5 Å². The zero-order valence-electron chi connectivity index (χ0n) is 8.60. The first-order valence-corrected chi connectivity index (χ1v) is 5.67. The lowest BCUT2D eigenvalue weighted by Gasteiger charge is -2.11. The summed E-state index contributed by atoms with van der Waals surface area (Å²) < 4.78 is 0. The highest BCUT2D eigenvalue weighted by Gasteiger charge is 2.17. The summed E-state index contributed by atoms with van der Waals surface area (Å²) in [5, 5.41) is 11.2. The van der Waals surface area contributed by atoms with Crippen LogP contribution in [0.4, 0.5) is 0 Å². The predicted octanol–water partition coefficient (Wildman–Crippen LogP) is 1.05. The van der Waals surface area contributed by atoms with E-state index in [1.165, 1.54) is 30.0 Å². The van der Waals surface area contributed by atoms with Gasteiger partial charge in [-0.2, -0.15) is 11.8 Å². The van der Waals surface area contributed by atoms with Crippen molar-refractivity contribution >= 4 is 23.6 Å². The molecule has 84 valence electrons. The van der Waals surface area contributed by atoms with Gasteiger partial charge in [-0.1, -0.05) is 25.7 Å². The number of carboxylic acids is 1. The maximum Gasteiger partial charge on any atom is 0.327 e. The zero-order chi connectivity index (χ0) is 11.7. The predicted molar refractivity (Wildman–Crippen MR) is 61.9 cm³/mol. The SMILES string of the molecule is C=C/C=C/C(=O)NC(CSCC)C(=O)O. The first kappa shape index (κ1) is 13.8. The summed E-state index contributed by atoms with van der Waals surface area (Å²) in [4.78, 5) is 21.9. The van der Waals surface area contributed by atoms with Crippen LogP contribution in [0.15, 0.2) is 24.8 Å². The number of carbonyl (C=O) groups excluding carboxylic acids is 1. The van der Waals surface area contributed by atoms with Crippen LogP contribution in [0, 0.1) is 0 Å². The molecule has 1 unspecified atom stereocenters. The summed E-state index contributed by atoms with van der Waals surface area (Å²) in [6, 6.07) is -0.836. The van der Waals surface area contributed by atoms with Crippen molar-refractivity contribution in [1.29, 1.82) is 0 Å². The van der Waals surface area contributed by atoms with E-state index in [4.69, 9.17) is 5.11 Å². The van der Waals surface area contributed by atoms with Crippen LogP contribution in [0.3, 0.4) is 0 Å². The van der Waals surface area contributed by atoms with Gasteiger partial charge in [0.15, 0.2) is 0 Å². The average Bonchev–Trinajstić information content (AvgIpc) is 2.20. The van der Waals surface area contributed by atoms with Gasteiger partial charge in [0.05, 0.1) is 0 Å². The van der Waals surface area contributed by atoms with Crippen LogP contribution in [0.1, 0.15) is 6.92 Å². The Balaban J connectivity index is 4.15. The summed E-state index contributed by atoms with van der Waals surface area (Å²) in [6.07, 6.45) is 4.16. The van der Waals surface area contributed by atoms with Gasteiger partial charge in [0.25, 0.3) is 0 Å². The van der Waals surface area contributed by atoms with Crippen LogP contribution in [-0.2, 0) is 9.59 Å². The lowest BCUT2D eigenvalue weighted by molar-refractivity contribution is -0.140. The second-order valence-corrected chi connectivity index (χ2v) is 3.97. The minimum atomic E-state index is -1.02. The molecule has 2 N–H and O–H groups in total. The number of amides is 1. The molecule has 0 fully saturated rings. The molecule has 15 heavy (non-hydrogen) atoms. The first-order valence-electron chi connectivity index (χ1n) is 4.52. The molecule has 0 saturated carbocycles. The van der Waals surface area contributed by atoms with E-state index in [0.717, 1.165) is 5.75 Å². The smallest absolute Gasteiger partial charge is 0.327 e. The molecule has 1 atom stereocenters. The van der Waals surface area contributed by atoms with Gasteiger partial charge in [-0.3, -0.25) is 4.79 Å². The third-order valence-electron chi connectivity index (χ3n) is 1.49. The molecule has 0 bridgehead atoms. The molecule has 5 heteroatoms. The minimum Gasteiger partial charge on any atom is -0.480 e. The van der Waals surface area contributed by atoms with Crippen molar-refractivity contribution in [3.05, 3.63) is 24.8 Å². The molecule has 0 radical (unpaired) electrons. The zero-order valence-corrected chi connectivity index (χ0v) is 9.42. The third kappa shape index (κ3) is 6.79. The lowest BCUT2D eigenvalue weighted by atomic mass is 10.3. The molecule has 0 heterocycles. The van der Waals surface area contributed by atoms with Gasteiger partial charge < -0.3 is 10.4 Å². The van der Waals surface area contributed by atoms with E-state index in [1.807, 2.05) is 6.92 Å². The van der Waals surface area contributed by atoms with Crippen LogP contribution in [0.2, 0.25) is 0 Å². The Morgan fingerprint density at radius 1 is 1.60 bits per heavy atom. The van der Waals surface area contributed by atoms with E-state index in [0.29, 0.717) is 5.75 Å². The van der Waals surface area contributed by atoms with Crippen molar-refractivity contribution < 1.29 is 14.7 Å². The lowest BCUT2D eigenvalue weighted by Crippen LogP contribution is -2.41. The molecule has 0 spiro atoms. The normalized spacial score (nSPS) is 12.3. The van der Waals surface area contributed by atoms with E-state index in [9.17, 15) is 9.59 Å². The van der Waals surface area contributed by atoms with Crippen LogP contribution >= 0.6 is 11.8 Å². The van der Waals surface area contributed by atoms with Gasteiger partial charge in [-0.05, 0) is 5.75 Å². The highest BCUT2D eigenvalue weighted by Crippen LogP contribution is 2.02. The summed E-state index contributed by atoms with van der Waals surface area (Å²) in [5.41, 5.74) is 0. The summed E-state index contributed by atoms with van der Waals surface area (Å²) in [5.74, 6) is -0.239. The largest absolute Gasteiger partial charge is 0.480 e. The summed E-state index contributed by atoms with van der Waals surface area (Å²) >= 11 is 1.47. The van der Waals surface area contributed by atoms with Crippen molar-refractivity contribution in [3.63, 3.8) is 0 Å². The van der Waals surface area contributed by atoms with E-state index in [-0.39, 0.29) is 0 Å². The standard InChI is InChI=1S/C10H15NO3S/c1-3-5-6-9(12)11-8(10(13)14)7-15-4-2/h3,5-6,8H,1,4,7H2,2H3,(H,11,12)(H,13,14)/b6-5+. The number of rotatable bonds is 7. The van der Waals surface area contributed by atoms with Crippen LogP contribution < -0.4 is 5.32 Å². The maximum absolute atomic E-state index is 11.2. The molecule has 1 amide bonds. The fraction of sp³-hybridized carbons (Fsp3) is 0.400. The van der Waals surface area contributed by atoms with Crippen molar-refractivity contribution in [2.24, 2.45) is 0 Å². The molecule has 0 aromatic carbocycles. The van der Waals surface area contributed by atoms with Crippen molar-refractivity contribution in [1.82, 2.24) is 5.32 Å². The number of carboxylic acid groups (broad SMARTS) is 1. The van der Waals surface area contributed by atoms with Gasteiger partial charge in [0.1, 0.15) is 6.04 Å². The molecule has 0 aliphatic carbocycles. The summed E-state index contributed by atoms with van der Waals surface area (Å²) in [7, 11) is 0. The fourth-order valence-corrected chi connectivity index (χ4v) is 1.48. The van der Waals surface area contributed by atoms with Gasteiger partial charge in [0, 0.05) is 11.8 Å². The molecule has 0 aromatic heterocycles. The van der Waals surface area contributed by atoms with Crippen LogP contribution in [0.25, 0.3) is 0 Å². The fourth-order valence-electron chi connectivity index (χ4n) is 0.786. The van der Waals surface area contributed by atoms with Gasteiger partial charge in [0.2, 0.25) is 5.91 Å². The first-order chi connectivity index (χ1) is 7.11. The highest BCUT2D eigenvalue weighted by molar-refractivity contribution is 7.99. The maximum atomic E-state index is 11.2. The molecule has 0 rings (SSSR count). The van der Waals surface area contributed by atoms with Crippen LogP contribution in [0.5, 0.6) is 0 Å². The molecule has 0 aromatic rings. The second-order valence-electron chi connectivity index (χ2n) is 2.65. The van der Waals surface area contributed by atoms with E-state index >= 15 is 0 Å². The molecule has 0 saturated heterocycles. The molecular formula is C10H15NO3S. The van der Waals surface area contributed by atoms with Gasteiger partial charge in [-0.15, -0.1) is 0 Å². The van der Waals surface area contributed by atoms with E-state index in [1.54, 1.807) is 0 Å². The second kappa shape index (κ2) is 8.11. The summed E-state index contributed by atoms with van der Waals surface area (Å²) in [6.45, 7) is 5.34. The Hall–Kier alpha value is -1.23. The number of carbonyl (C=O) groups is 2. The highest BCUT2D eigenvalue weighted by atomic mass is 32.2. The quantitative estimate of drug-likeness (QED) is 0.506. The minimum absolute atomic E-state index is 0.375. The number of thioether (sulfide) groups is 1. The Labute approximate surface area is 93.4 Å². The Kier molecular flexibility index (Phi) is 7.44. The Morgan fingerprint density at radius 3 is 2.73 bits per heavy atom. The monoisotopic (exact) mass is 229 g/mol. The molecular weight excluding hydrogens is 214 g/mol. The van der Waals surface area contributed by atoms with E-state index in [2.05, 4.69) is 11.9 Å². The number of aliphatic carboxylic acids is 1. The number of hydrogen-bond acceptors (Lipinski definition) is 3. The van der Waals surface area contributed by atoms with E-state index < -0.39 is 17.9 Å². The topological polar surface area (TPSA) is 66.4 Å². The molecule has 0 aliphatic heterocycles. The number of allylic oxidation sites excluding steroid dienone is 2. The number of nitrogens with one attached hydrogen (secondary N) is 1. The number of hydrogen-bond donors (Lipinski definition) is 2. The average molecular weight is 229 g/mol. The Bertz CT molecular complexity index is 263.